The van der Waals surface area contributed by atoms with Crippen molar-refractivity contribution in [3.8, 4) is 11.3 Å². The molecule has 2 bridgehead atoms. The highest BCUT2D eigenvalue weighted by molar-refractivity contribution is 5.81. The number of fused-ring (bicyclic) bond motifs is 2. The summed E-state index contributed by atoms with van der Waals surface area (Å²) in [5.74, 6) is 0. The van der Waals surface area contributed by atoms with Crippen molar-refractivity contribution in [2.45, 2.75) is 37.8 Å². The van der Waals surface area contributed by atoms with Crippen LogP contribution < -0.4 is 5.32 Å². The third-order valence-electron chi connectivity index (χ3n) is 4.66. The highest BCUT2D eigenvalue weighted by Crippen LogP contribution is 2.35. The van der Waals surface area contributed by atoms with Crippen LogP contribution in [0.4, 0.5) is 0 Å². The smallest absolute Gasteiger partial charge is 0.0777 e. The van der Waals surface area contributed by atoms with Crippen molar-refractivity contribution in [1.82, 2.24) is 10.3 Å². The fourth-order valence-electron chi connectivity index (χ4n) is 3.64. The van der Waals surface area contributed by atoms with Gasteiger partial charge in [0.15, 0.2) is 0 Å². The molecule has 0 aliphatic carbocycles. The minimum atomic E-state index is 0.504. The van der Waals surface area contributed by atoms with Crippen molar-refractivity contribution in [2.24, 2.45) is 0 Å². The van der Waals surface area contributed by atoms with Gasteiger partial charge in [-0.05, 0) is 37.3 Å². The molecule has 1 aromatic carbocycles. The first-order valence-electron chi connectivity index (χ1n) is 7.89. The molecule has 4 rings (SSSR count). The third-order valence-corrected chi connectivity index (χ3v) is 4.66. The molecule has 0 spiro atoms. The van der Waals surface area contributed by atoms with Crippen LogP contribution in [0.3, 0.4) is 0 Å². The average Bonchev–Trinajstić information content (AvgIpc) is 2.90. The third kappa shape index (κ3) is 2.40. The van der Waals surface area contributed by atoms with Crippen LogP contribution in [0.5, 0.6) is 0 Å². The molecule has 2 aromatic rings. The molecule has 0 saturated carbocycles. The number of hydrogen-bond donors (Lipinski definition) is 1. The van der Waals surface area contributed by atoms with E-state index in [4.69, 9.17) is 0 Å². The molecular weight excluding hydrogens is 256 g/mol. The van der Waals surface area contributed by atoms with E-state index < -0.39 is 0 Å². The normalized spacial score (nSPS) is 24.5. The van der Waals surface area contributed by atoms with Gasteiger partial charge in [0.25, 0.3) is 0 Å². The van der Waals surface area contributed by atoms with E-state index in [-0.39, 0.29) is 0 Å². The zero-order chi connectivity index (χ0) is 14.1. The van der Waals surface area contributed by atoms with Crippen LogP contribution in [0.2, 0.25) is 0 Å². The summed E-state index contributed by atoms with van der Waals surface area (Å²) in [6, 6.07) is 16.0. The summed E-state index contributed by atoms with van der Waals surface area (Å²) in [6.45, 7) is 0. The average molecular weight is 276 g/mol. The number of allylic oxidation sites excluding steroid dienone is 1. The van der Waals surface area contributed by atoms with Gasteiger partial charge in [-0.25, -0.2) is 0 Å². The second kappa shape index (κ2) is 5.45. The van der Waals surface area contributed by atoms with Crippen LogP contribution >= 0.6 is 0 Å². The van der Waals surface area contributed by atoms with E-state index in [0.717, 1.165) is 5.69 Å². The molecule has 2 atom stereocenters. The first-order valence-corrected chi connectivity index (χ1v) is 7.89. The topological polar surface area (TPSA) is 24.9 Å². The molecule has 1 saturated heterocycles. The molecule has 21 heavy (non-hydrogen) atoms. The maximum absolute atomic E-state index is 4.67. The molecule has 2 heteroatoms. The number of pyridine rings is 1. The summed E-state index contributed by atoms with van der Waals surface area (Å²) < 4.78 is 0. The molecule has 2 nitrogen and oxygen atoms in total. The van der Waals surface area contributed by atoms with Gasteiger partial charge in [-0.1, -0.05) is 42.5 Å². The van der Waals surface area contributed by atoms with Gasteiger partial charge in [0.2, 0.25) is 0 Å². The molecule has 1 fully saturated rings. The Bertz CT molecular complexity index is 660. The zero-order valence-corrected chi connectivity index (χ0v) is 12.1. The number of aromatic nitrogens is 1. The van der Waals surface area contributed by atoms with Crippen LogP contribution in [-0.2, 0) is 0 Å². The van der Waals surface area contributed by atoms with Crippen molar-refractivity contribution in [2.75, 3.05) is 0 Å². The molecule has 2 aliphatic heterocycles. The van der Waals surface area contributed by atoms with E-state index in [1.807, 2.05) is 6.20 Å². The largest absolute Gasteiger partial charge is 0.307 e. The minimum Gasteiger partial charge on any atom is -0.307 e. The molecule has 106 valence electrons. The Kier molecular flexibility index (Phi) is 3.32. The summed E-state index contributed by atoms with van der Waals surface area (Å²) in [5, 5.41) is 3.78. The summed E-state index contributed by atoms with van der Waals surface area (Å²) in [5.41, 5.74) is 5.05. The lowest BCUT2D eigenvalue weighted by Crippen LogP contribution is -2.28. The second-order valence-corrected chi connectivity index (χ2v) is 6.00. The van der Waals surface area contributed by atoms with E-state index in [2.05, 4.69) is 58.8 Å². The van der Waals surface area contributed by atoms with Crippen molar-refractivity contribution < 1.29 is 0 Å². The van der Waals surface area contributed by atoms with E-state index in [9.17, 15) is 0 Å². The Balaban J connectivity index is 1.80. The van der Waals surface area contributed by atoms with Gasteiger partial charge >= 0.3 is 0 Å². The maximum atomic E-state index is 4.67. The lowest BCUT2D eigenvalue weighted by molar-refractivity contribution is 0.559. The summed E-state index contributed by atoms with van der Waals surface area (Å²) >= 11 is 0. The molecular formula is C19H20N2. The zero-order valence-electron chi connectivity index (χ0n) is 12.1. The van der Waals surface area contributed by atoms with E-state index in [1.54, 1.807) is 0 Å². The van der Waals surface area contributed by atoms with Gasteiger partial charge in [0.05, 0.1) is 5.69 Å². The number of hydrogen-bond acceptors (Lipinski definition) is 2. The highest BCUT2D eigenvalue weighted by atomic mass is 15.0. The Morgan fingerprint density at radius 3 is 2.76 bits per heavy atom. The van der Waals surface area contributed by atoms with Crippen molar-refractivity contribution in [1.29, 1.82) is 0 Å². The molecule has 0 amide bonds. The van der Waals surface area contributed by atoms with E-state index in [1.165, 1.54) is 42.4 Å². The van der Waals surface area contributed by atoms with Gasteiger partial charge < -0.3 is 5.32 Å². The van der Waals surface area contributed by atoms with Crippen molar-refractivity contribution in [3.63, 3.8) is 0 Å². The minimum absolute atomic E-state index is 0.504. The van der Waals surface area contributed by atoms with Crippen molar-refractivity contribution in [3.05, 3.63) is 60.3 Å². The van der Waals surface area contributed by atoms with Gasteiger partial charge in [-0.3, -0.25) is 4.98 Å². The molecule has 2 aliphatic rings. The molecule has 0 radical (unpaired) electrons. The fourth-order valence-corrected chi connectivity index (χ4v) is 3.64. The van der Waals surface area contributed by atoms with E-state index in [0.29, 0.717) is 12.1 Å². The fraction of sp³-hybridized carbons (Fsp3) is 0.316. The summed E-state index contributed by atoms with van der Waals surface area (Å²) in [7, 11) is 0. The summed E-state index contributed by atoms with van der Waals surface area (Å²) in [6.07, 6.45) is 9.32. The Morgan fingerprint density at radius 2 is 1.86 bits per heavy atom. The Hall–Kier alpha value is -1.93. The van der Waals surface area contributed by atoms with Gasteiger partial charge in [-0.2, -0.15) is 0 Å². The van der Waals surface area contributed by atoms with Gasteiger partial charge in [0, 0.05) is 29.4 Å². The second-order valence-electron chi connectivity index (χ2n) is 6.00. The van der Waals surface area contributed by atoms with Crippen LogP contribution in [0, 0.1) is 0 Å². The van der Waals surface area contributed by atoms with Crippen LogP contribution in [0.1, 0.15) is 31.2 Å². The lowest BCUT2D eigenvalue weighted by atomic mass is 9.91. The van der Waals surface area contributed by atoms with Gasteiger partial charge in [0.1, 0.15) is 0 Å². The number of benzene rings is 1. The maximum Gasteiger partial charge on any atom is 0.0777 e. The van der Waals surface area contributed by atoms with E-state index >= 15 is 0 Å². The number of rotatable bonds is 2. The predicted molar refractivity (Wildman–Crippen MR) is 86.8 cm³/mol. The van der Waals surface area contributed by atoms with Crippen LogP contribution in [-0.4, -0.2) is 17.1 Å². The summed E-state index contributed by atoms with van der Waals surface area (Å²) in [4.78, 5) is 4.67. The number of nitrogens with zero attached hydrogens (tertiary/aromatic N) is 1. The van der Waals surface area contributed by atoms with Crippen LogP contribution in [0.25, 0.3) is 16.8 Å². The van der Waals surface area contributed by atoms with Crippen molar-refractivity contribution >= 4 is 5.57 Å². The Morgan fingerprint density at radius 1 is 0.952 bits per heavy atom. The first kappa shape index (κ1) is 12.8. The Labute approximate surface area is 125 Å². The standard InChI is InChI=1S/C19H20N2/c1-2-6-14(7-3-1)19-17(10-5-13-20-19)16-9-4-8-15-11-12-18(16)21-15/h1-3,5-7,9-10,13,15,18,21H,4,8,11-12H2/t15-,18-/m1/s1. The molecule has 1 aromatic heterocycles. The molecule has 0 unspecified atom stereocenters. The lowest BCUT2D eigenvalue weighted by Gasteiger charge is -2.18. The SMILES string of the molecule is C1=C(c2cccnc2-c2ccccc2)[C@H]2CC[C@@H](CC1)N2. The predicted octanol–water partition coefficient (Wildman–Crippen LogP) is 4.05. The van der Waals surface area contributed by atoms with Crippen LogP contribution in [0.15, 0.2) is 54.7 Å². The number of nitrogens with one attached hydrogen (secondary N) is 1. The first-order chi connectivity index (χ1) is 10.4. The molecule has 3 heterocycles. The quantitative estimate of drug-likeness (QED) is 0.895. The monoisotopic (exact) mass is 276 g/mol. The van der Waals surface area contributed by atoms with Gasteiger partial charge in [-0.15, -0.1) is 0 Å². The molecule has 1 N–H and O–H groups in total. The highest BCUT2D eigenvalue weighted by Gasteiger charge is 2.29.